The standard InChI is InChI=1S/C18H16N2O2/c1-13(21)16-12-19-20(15-10-6-3-7-11-15)18(22)17(16)14-8-4-2-5-9-14/h2-13,21H,1H3. The van der Waals surface area contributed by atoms with Gasteiger partial charge < -0.3 is 5.11 Å². The molecule has 4 nitrogen and oxygen atoms in total. The van der Waals surface area contributed by atoms with Crippen molar-refractivity contribution in [2.45, 2.75) is 13.0 Å². The van der Waals surface area contributed by atoms with Gasteiger partial charge in [0.2, 0.25) is 0 Å². The first kappa shape index (κ1) is 14.2. The zero-order valence-corrected chi connectivity index (χ0v) is 12.2. The molecule has 3 rings (SSSR count). The van der Waals surface area contributed by atoms with Crippen LogP contribution in [0, 0.1) is 0 Å². The molecule has 1 aromatic heterocycles. The number of aliphatic hydroxyl groups excluding tert-OH is 1. The highest BCUT2D eigenvalue weighted by Gasteiger charge is 2.17. The molecule has 0 bridgehead atoms. The van der Waals surface area contributed by atoms with Gasteiger partial charge in [-0.15, -0.1) is 0 Å². The van der Waals surface area contributed by atoms with Crippen LogP contribution in [-0.4, -0.2) is 14.9 Å². The predicted molar refractivity (Wildman–Crippen MR) is 85.9 cm³/mol. The Morgan fingerprint density at radius 2 is 1.59 bits per heavy atom. The van der Waals surface area contributed by atoms with Crippen molar-refractivity contribution in [2.75, 3.05) is 0 Å². The van der Waals surface area contributed by atoms with E-state index in [4.69, 9.17) is 0 Å². The number of hydrogen-bond donors (Lipinski definition) is 1. The molecule has 22 heavy (non-hydrogen) atoms. The average Bonchev–Trinajstić information content (AvgIpc) is 2.56. The summed E-state index contributed by atoms with van der Waals surface area (Å²) in [5.74, 6) is 0. The molecule has 4 heteroatoms. The van der Waals surface area contributed by atoms with E-state index in [9.17, 15) is 9.90 Å². The second kappa shape index (κ2) is 5.95. The van der Waals surface area contributed by atoms with Gasteiger partial charge in [-0.2, -0.15) is 9.78 Å². The summed E-state index contributed by atoms with van der Waals surface area (Å²) in [4.78, 5) is 12.9. The van der Waals surface area contributed by atoms with Crippen molar-refractivity contribution >= 4 is 0 Å². The summed E-state index contributed by atoms with van der Waals surface area (Å²) >= 11 is 0. The van der Waals surface area contributed by atoms with E-state index in [0.29, 0.717) is 16.8 Å². The van der Waals surface area contributed by atoms with Gasteiger partial charge in [0.25, 0.3) is 5.56 Å². The highest BCUT2D eigenvalue weighted by molar-refractivity contribution is 5.66. The molecule has 0 amide bonds. The van der Waals surface area contributed by atoms with Gasteiger partial charge in [0.15, 0.2) is 0 Å². The Labute approximate surface area is 128 Å². The Kier molecular flexibility index (Phi) is 3.85. The first-order valence-electron chi connectivity index (χ1n) is 7.09. The zero-order chi connectivity index (χ0) is 15.5. The van der Waals surface area contributed by atoms with Crippen LogP contribution in [0.15, 0.2) is 71.7 Å². The van der Waals surface area contributed by atoms with Crippen LogP contribution in [-0.2, 0) is 0 Å². The van der Waals surface area contributed by atoms with Crippen LogP contribution in [0.25, 0.3) is 16.8 Å². The summed E-state index contributed by atoms with van der Waals surface area (Å²) in [6, 6.07) is 18.6. The third-order valence-corrected chi connectivity index (χ3v) is 3.52. The van der Waals surface area contributed by atoms with E-state index in [1.54, 1.807) is 13.1 Å². The second-order valence-corrected chi connectivity index (χ2v) is 5.07. The van der Waals surface area contributed by atoms with E-state index in [-0.39, 0.29) is 5.56 Å². The lowest BCUT2D eigenvalue weighted by Crippen LogP contribution is -2.24. The zero-order valence-electron chi connectivity index (χ0n) is 12.2. The van der Waals surface area contributed by atoms with Crippen molar-refractivity contribution < 1.29 is 5.11 Å². The van der Waals surface area contributed by atoms with Gasteiger partial charge in [-0.1, -0.05) is 48.5 Å². The topological polar surface area (TPSA) is 55.1 Å². The lowest BCUT2D eigenvalue weighted by atomic mass is 10.00. The highest BCUT2D eigenvalue weighted by atomic mass is 16.3. The maximum atomic E-state index is 12.9. The minimum atomic E-state index is -0.763. The molecule has 0 fully saturated rings. The minimum Gasteiger partial charge on any atom is -0.389 e. The van der Waals surface area contributed by atoms with Crippen LogP contribution >= 0.6 is 0 Å². The Morgan fingerprint density at radius 1 is 1.00 bits per heavy atom. The average molecular weight is 292 g/mol. The van der Waals surface area contributed by atoms with Crippen LogP contribution in [0.1, 0.15) is 18.6 Å². The van der Waals surface area contributed by atoms with E-state index >= 15 is 0 Å². The van der Waals surface area contributed by atoms with E-state index in [0.717, 1.165) is 5.56 Å². The fraction of sp³-hybridized carbons (Fsp3) is 0.111. The van der Waals surface area contributed by atoms with Gasteiger partial charge in [-0.05, 0) is 24.6 Å². The lowest BCUT2D eigenvalue weighted by molar-refractivity contribution is 0.199. The Bertz CT molecular complexity index is 825. The molecule has 0 aliphatic carbocycles. The SMILES string of the molecule is CC(O)c1cnn(-c2ccccc2)c(=O)c1-c1ccccc1. The lowest BCUT2D eigenvalue weighted by Gasteiger charge is -2.14. The number of hydrogen-bond acceptors (Lipinski definition) is 3. The number of aromatic nitrogens is 2. The van der Waals surface area contributed by atoms with Crippen LogP contribution in [0.2, 0.25) is 0 Å². The van der Waals surface area contributed by atoms with Crippen molar-refractivity contribution in [3.05, 3.63) is 82.8 Å². The second-order valence-electron chi connectivity index (χ2n) is 5.07. The number of para-hydroxylation sites is 1. The number of benzene rings is 2. The summed E-state index contributed by atoms with van der Waals surface area (Å²) in [6.07, 6.45) is 0.794. The molecule has 0 aliphatic heterocycles. The van der Waals surface area contributed by atoms with Crippen molar-refractivity contribution in [3.63, 3.8) is 0 Å². The minimum absolute atomic E-state index is 0.240. The molecule has 110 valence electrons. The molecule has 1 N–H and O–H groups in total. The molecule has 0 saturated carbocycles. The molecule has 0 saturated heterocycles. The molecular weight excluding hydrogens is 276 g/mol. The van der Waals surface area contributed by atoms with E-state index < -0.39 is 6.10 Å². The molecule has 1 heterocycles. The quantitative estimate of drug-likeness (QED) is 0.807. The number of nitrogens with zero attached hydrogens (tertiary/aromatic N) is 2. The van der Waals surface area contributed by atoms with Gasteiger partial charge in [0.05, 0.1) is 23.6 Å². The normalized spacial score (nSPS) is 12.1. The maximum Gasteiger partial charge on any atom is 0.279 e. The third-order valence-electron chi connectivity index (χ3n) is 3.52. The summed E-state index contributed by atoms with van der Waals surface area (Å²) in [7, 11) is 0. The van der Waals surface area contributed by atoms with Gasteiger partial charge in [0, 0.05) is 5.56 Å². The van der Waals surface area contributed by atoms with Gasteiger partial charge >= 0.3 is 0 Å². The van der Waals surface area contributed by atoms with Crippen molar-refractivity contribution in [2.24, 2.45) is 0 Å². The van der Waals surface area contributed by atoms with Gasteiger partial charge in [-0.25, -0.2) is 0 Å². The van der Waals surface area contributed by atoms with E-state index in [2.05, 4.69) is 5.10 Å². The van der Waals surface area contributed by atoms with E-state index in [1.807, 2.05) is 60.7 Å². The maximum absolute atomic E-state index is 12.9. The van der Waals surface area contributed by atoms with Crippen LogP contribution in [0.4, 0.5) is 0 Å². The number of rotatable bonds is 3. The highest BCUT2D eigenvalue weighted by Crippen LogP contribution is 2.24. The molecule has 3 aromatic rings. The molecule has 1 atom stereocenters. The largest absolute Gasteiger partial charge is 0.389 e. The Morgan fingerprint density at radius 3 is 2.18 bits per heavy atom. The van der Waals surface area contributed by atoms with Crippen LogP contribution in [0.5, 0.6) is 0 Å². The summed E-state index contributed by atoms with van der Waals surface area (Å²) in [5, 5.41) is 14.2. The van der Waals surface area contributed by atoms with Crippen LogP contribution in [0.3, 0.4) is 0 Å². The molecule has 2 aromatic carbocycles. The first-order valence-corrected chi connectivity index (χ1v) is 7.09. The van der Waals surface area contributed by atoms with Crippen molar-refractivity contribution in [1.82, 2.24) is 9.78 Å². The summed E-state index contributed by atoms with van der Waals surface area (Å²) < 4.78 is 1.36. The summed E-state index contributed by atoms with van der Waals surface area (Å²) in [5.41, 5.74) is 2.24. The molecule has 0 aliphatic rings. The smallest absolute Gasteiger partial charge is 0.279 e. The van der Waals surface area contributed by atoms with Crippen molar-refractivity contribution in [3.8, 4) is 16.8 Å². The number of aliphatic hydroxyl groups is 1. The molecule has 1 unspecified atom stereocenters. The molecular formula is C18H16N2O2. The summed E-state index contributed by atoms with van der Waals surface area (Å²) in [6.45, 7) is 1.63. The van der Waals surface area contributed by atoms with Gasteiger partial charge in [0.1, 0.15) is 0 Å². The first-order chi connectivity index (χ1) is 10.7. The van der Waals surface area contributed by atoms with Crippen LogP contribution < -0.4 is 5.56 Å². The molecule has 0 spiro atoms. The third kappa shape index (κ3) is 2.56. The van der Waals surface area contributed by atoms with Gasteiger partial charge in [-0.3, -0.25) is 4.79 Å². The van der Waals surface area contributed by atoms with Crippen molar-refractivity contribution in [1.29, 1.82) is 0 Å². The fourth-order valence-corrected chi connectivity index (χ4v) is 2.43. The molecule has 0 radical (unpaired) electrons. The predicted octanol–water partition coefficient (Wildman–Crippen LogP) is 2.95. The Hall–Kier alpha value is -2.72. The monoisotopic (exact) mass is 292 g/mol. The fourth-order valence-electron chi connectivity index (χ4n) is 2.43. The van der Waals surface area contributed by atoms with E-state index in [1.165, 1.54) is 4.68 Å². The Balaban J connectivity index is 2.29.